The second-order valence-electron chi connectivity index (χ2n) is 2.60. The summed E-state index contributed by atoms with van der Waals surface area (Å²) in [6.07, 6.45) is 0. The van der Waals surface area contributed by atoms with Gasteiger partial charge in [0, 0.05) is 6.61 Å². The van der Waals surface area contributed by atoms with Gasteiger partial charge in [-0.15, -0.1) is 5.10 Å². The van der Waals surface area contributed by atoms with Crippen molar-refractivity contribution in [2.45, 2.75) is 13.5 Å². The molecule has 13 heavy (non-hydrogen) atoms. The van der Waals surface area contributed by atoms with Gasteiger partial charge in [-0.2, -0.15) is 4.52 Å². The third-order valence-electron chi connectivity index (χ3n) is 1.75. The summed E-state index contributed by atoms with van der Waals surface area (Å²) in [7, 11) is 0. The average molecular weight is 178 g/mol. The number of hydrogen-bond acceptors (Lipinski definition) is 4. The molecule has 68 valence electrons. The molecule has 0 aliphatic carbocycles. The lowest BCUT2D eigenvalue weighted by atomic mass is 10.3. The van der Waals surface area contributed by atoms with Crippen molar-refractivity contribution < 1.29 is 4.74 Å². The first-order valence-electron chi connectivity index (χ1n) is 4.15. The third-order valence-corrected chi connectivity index (χ3v) is 1.75. The summed E-state index contributed by atoms with van der Waals surface area (Å²) in [5.41, 5.74) is 1.71. The van der Waals surface area contributed by atoms with Crippen LogP contribution in [-0.2, 0) is 11.3 Å². The van der Waals surface area contributed by atoms with Crippen molar-refractivity contribution in [3.63, 3.8) is 0 Å². The quantitative estimate of drug-likeness (QED) is 0.692. The first kappa shape index (κ1) is 8.12. The number of pyridine rings is 1. The number of hydrogen-bond donors (Lipinski definition) is 0. The molecule has 5 heteroatoms. The molecule has 2 aromatic rings. The molecule has 0 aliphatic heterocycles. The predicted octanol–water partition coefficient (Wildman–Crippen LogP) is 0.661. The highest BCUT2D eigenvalue weighted by Crippen LogP contribution is 2.03. The van der Waals surface area contributed by atoms with Gasteiger partial charge >= 0.3 is 0 Å². The fourth-order valence-electron chi connectivity index (χ4n) is 1.13. The number of aromatic nitrogens is 4. The third kappa shape index (κ3) is 1.50. The smallest absolute Gasteiger partial charge is 0.179 e. The molecule has 0 spiro atoms. The maximum Gasteiger partial charge on any atom is 0.179 e. The van der Waals surface area contributed by atoms with Gasteiger partial charge in [0.1, 0.15) is 0 Å². The van der Waals surface area contributed by atoms with E-state index in [9.17, 15) is 0 Å². The van der Waals surface area contributed by atoms with Gasteiger partial charge in [-0.3, -0.25) is 0 Å². The van der Waals surface area contributed by atoms with Gasteiger partial charge in [0.25, 0.3) is 0 Å². The van der Waals surface area contributed by atoms with Gasteiger partial charge in [-0.05, 0) is 29.5 Å². The van der Waals surface area contributed by atoms with E-state index >= 15 is 0 Å². The molecule has 0 fully saturated rings. The van der Waals surface area contributed by atoms with Gasteiger partial charge in [0.05, 0.1) is 12.3 Å². The zero-order valence-corrected chi connectivity index (χ0v) is 7.34. The minimum atomic E-state index is 0.541. The molecule has 0 amide bonds. The molecule has 0 radical (unpaired) electrons. The second-order valence-corrected chi connectivity index (χ2v) is 2.60. The van der Waals surface area contributed by atoms with Gasteiger partial charge in [0.15, 0.2) is 5.65 Å². The highest BCUT2D eigenvalue weighted by atomic mass is 16.5. The Morgan fingerprint density at radius 3 is 3.23 bits per heavy atom. The van der Waals surface area contributed by atoms with E-state index in [4.69, 9.17) is 4.74 Å². The molecule has 0 atom stereocenters. The Balaban J connectivity index is 2.37. The fourth-order valence-corrected chi connectivity index (χ4v) is 1.13. The Morgan fingerprint density at radius 2 is 2.38 bits per heavy atom. The maximum atomic E-state index is 5.28. The minimum Gasteiger partial charge on any atom is -0.375 e. The van der Waals surface area contributed by atoms with Crippen molar-refractivity contribution in [2.24, 2.45) is 0 Å². The Labute approximate surface area is 75.3 Å². The summed E-state index contributed by atoms with van der Waals surface area (Å²) in [6, 6.07) is 5.72. The van der Waals surface area contributed by atoms with Crippen molar-refractivity contribution in [3.05, 3.63) is 23.9 Å². The standard InChI is InChI=1S/C8H10N4O/c1-2-13-6-7-4-3-5-8-9-10-11-12(7)8/h3-5H,2,6H2,1H3. The van der Waals surface area contributed by atoms with Crippen molar-refractivity contribution in [3.8, 4) is 0 Å². The van der Waals surface area contributed by atoms with Crippen LogP contribution in [0.25, 0.3) is 5.65 Å². The van der Waals surface area contributed by atoms with Crippen LogP contribution in [0.5, 0.6) is 0 Å². The van der Waals surface area contributed by atoms with Crippen LogP contribution in [-0.4, -0.2) is 26.6 Å². The summed E-state index contributed by atoms with van der Waals surface area (Å²) in [6.45, 7) is 3.19. The first-order chi connectivity index (χ1) is 6.42. The number of rotatable bonds is 3. The molecular weight excluding hydrogens is 168 g/mol. The van der Waals surface area contributed by atoms with Gasteiger partial charge < -0.3 is 4.74 Å². The molecule has 0 saturated carbocycles. The molecule has 0 saturated heterocycles. The molecule has 0 aromatic carbocycles. The molecule has 0 aliphatic rings. The van der Waals surface area contributed by atoms with Gasteiger partial charge in [-0.1, -0.05) is 6.07 Å². The second kappa shape index (κ2) is 3.49. The zero-order chi connectivity index (χ0) is 9.10. The molecule has 2 aromatic heterocycles. The molecule has 2 rings (SSSR count). The first-order valence-corrected chi connectivity index (χ1v) is 4.15. The SMILES string of the molecule is CCOCc1cccc2nnnn12. The lowest BCUT2D eigenvalue weighted by Gasteiger charge is -2.01. The van der Waals surface area contributed by atoms with Crippen molar-refractivity contribution in [2.75, 3.05) is 6.61 Å². The van der Waals surface area contributed by atoms with Crippen LogP contribution in [0.4, 0.5) is 0 Å². The van der Waals surface area contributed by atoms with Crippen molar-refractivity contribution >= 4 is 5.65 Å². The molecule has 5 nitrogen and oxygen atoms in total. The Bertz CT molecular complexity index is 398. The Morgan fingerprint density at radius 1 is 1.46 bits per heavy atom. The zero-order valence-electron chi connectivity index (χ0n) is 7.34. The van der Waals surface area contributed by atoms with Crippen molar-refractivity contribution in [1.82, 2.24) is 20.0 Å². The van der Waals surface area contributed by atoms with E-state index in [2.05, 4.69) is 15.5 Å². The van der Waals surface area contributed by atoms with E-state index in [1.165, 1.54) is 0 Å². The molecular formula is C8H10N4O. The van der Waals surface area contributed by atoms with Crippen LogP contribution in [0.2, 0.25) is 0 Å². The van der Waals surface area contributed by atoms with Gasteiger partial charge in [0.2, 0.25) is 0 Å². The summed E-state index contributed by atoms with van der Waals surface area (Å²) in [5, 5.41) is 11.3. The van der Waals surface area contributed by atoms with E-state index in [0.717, 1.165) is 11.3 Å². The lowest BCUT2D eigenvalue weighted by Crippen LogP contribution is -2.01. The van der Waals surface area contributed by atoms with E-state index in [1.807, 2.05) is 25.1 Å². The van der Waals surface area contributed by atoms with Crippen LogP contribution in [0.3, 0.4) is 0 Å². The van der Waals surface area contributed by atoms with Crippen LogP contribution < -0.4 is 0 Å². The summed E-state index contributed by atoms with van der Waals surface area (Å²) in [5.74, 6) is 0. The van der Waals surface area contributed by atoms with Crippen LogP contribution >= 0.6 is 0 Å². The summed E-state index contributed by atoms with van der Waals surface area (Å²) in [4.78, 5) is 0. The number of ether oxygens (including phenoxy) is 1. The Kier molecular flexibility index (Phi) is 2.18. The normalized spacial score (nSPS) is 10.8. The fraction of sp³-hybridized carbons (Fsp3) is 0.375. The average Bonchev–Trinajstić information content (AvgIpc) is 2.62. The molecule has 0 N–H and O–H groups in total. The van der Waals surface area contributed by atoms with E-state index < -0.39 is 0 Å². The largest absolute Gasteiger partial charge is 0.375 e. The van der Waals surface area contributed by atoms with E-state index in [-0.39, 0.29) is 0 Å². The maximum absolute atomic E-state index is 5.28. The van der Waals surface area contributed by atoms with Crippen LogP contribution in [0.1, 0.15) is 12.6 Å². The van der Waals surface area contributed by atoms with E-state index in [1.54, 1.807) is 4.52 Å². The number of fused-ring (bicyclic) bond motifs is 1. The molecule has 0 unspecified atom stereocenters. The van der Waals surface area contributed by atoms with Crippen LogP contribution in [0.15, 0.2) is 18.2 Å². The highest BCUT2D eigenvalue weighted by Gasteiger charge is 2.01. The molecule has 0 bridgehead atoms. The summed E-state index contributed by atoms with van der Waals surface area (Å²) >= 11 is 0. The predicted molar refractivity (Wildman–Crippen MR) is 46.1 cm³/mol. The Hall–Kier alpha value is -1.49. The van der Waals surface area contributed by atoms with Crippen molar-refractivity contribution in [1.29, 1.82) is 0 Å². The van der Waals surface area contributed by atoms with E-state index in [0.29, 0.717) is 13.2 Å². The lowest BCUT2D eigenvalue weighted by molar-refractivity contribution is 0.129. The molecule has 2 heterocycles. The van der Waals surface area contributed by atoms with Gasteiger partial charge in [-0.25, -0.2) is 0 Å². The highest BCUT2D eigenvalue weighted by molar-refractivity contribution is 5.36. The topological polar surface area (TPSA) is 52.3 Å². The minimum absolute atomic E-state index is 0.541. The number of nitrogens with zero attached hydrogens (tertiary/aromatic N) is 4. The monoisotopic (exact) mass is 178 g/mol. The van der Waals surface area contributed by atoms with Crippen LogP contribution in [0, 0.1) is 0 Å². The number of tetrazole rings is 1. The summed E-state index contributed by atoms with van der Waals surface area (Å²) < 4.78 is 6.96.